The molecule has 1 aromatic heterocycles. The van der Waals surface area contributed by atoms with Gasteiger partial charge >= 0.3 is 0 Å². The summed E-state index contributed by atoms with van der Waals surface area (Å²) in [4.78, 5) is 11.9. The van der Waals surface area contributed by atoms with E-state index < -0.39 is 0 Å². The van der Waals surface area contributed by atoms with E-state index in [2.05, 4.69) is 22.4 Å². The van der Waals surface area contributed by atoms with Gasteiger partial charge in [0.05, 0.1) is 7.11 Å². The number of aryl methyl sites for hydroxylation is 1. The van der Waals surface area contributed by atoms with Gasteiger partial charge in [0.15, 0.2) is 5.82 Å². The number of carbonyl (C=O) groups is 1. The number of ether oxygens (including phenoxy) is 1. The smallest absolute Gasteiger partial charge is 0.249 e. The van der Waals surface area contributed by atoms with E-state index in [9.17, 15) is 4.79 Å². The normalized spacial score (nSPS) is 10.8. The molecule has 1 amide bonds. The molecule has 1 aromatic carbocycles. The number of anilines is 1. The van der Waals surface area contributed by atoms with Gasteiger partial charge in [0, 0.05) is 23.4 Å². The molecular formula is C16H19N3O2. The SMILES string of the molecule is CCCc1cc(NC(=O)/C=C/c2ccccc2OC)n[nH]1. The summed E-state index contributed by atoms with van der Waals surface area (Å²) in [6.07, 6.45) is 5.13. The summed E-state index contributed by atoms with van der Waals surface area (Å²) in [5.74, 6) is 1.04. The van der Waals surface area contributed by atoms with Crippen LogP contribution in [-0.2, 0) is 11.2 Å². The molecule has 0 aliphatic heterocycles. The minimum absolute atomic E-state index is 0.226. The lowest BCUT2D eigenvalue weighted by molar-refractivity contribution is -0.111. The Balaban J connectivity index is 1.98. The van der Waals surface area contributed by atoms with Crippen molar-refractivity contribution in [1.29, 1.82) is 0 Å². The highest BCUT2D eigenvalue weighted by molar-refractivity contribution is 6.01. The molecule has 21 heavy (non-hydrogen) atoms. The highest BCUT2D eigenvalue weighted by Gasteiger charge is 2.03. The van der Waals surface area contributed by atoms with Crippen molar-refractivity contribution in [2.24, 2.45) is 0 Å². The molecular weight excluding hydrogens is 266 g/mol. The third-order valence-corrected chi connectivity index (χ3v) is 2.95. The first kappa shape index (κ1) is 14.8. The van der Waals surface area contributed by atoms with Crippen LogP contribution < -0.4 is 10.1 Å². The minimum Gasteiger partial charge on any atom is -0.496 e. The van der Waals surface area contributed by atoms with E-state index in [0.717, 1.165) is 29.8 Å². The zero-order valence-corrected chi connectivity index (χ0v) is 12.2. The highest BCUT2D eigenvalue weighted by Crippen LogP contribution is 2.18. The van der Waals surface area contributed by atoms with Gasteiger partial charge in [-0.2, -0.15) is 5.10 Å². The molecule has 2 aromatic rings. The quantitative estimate of drug-likeness (QED) is 0.802. The Labute approximate surface area is 124 Å². The molecule has 0 saturated heterocycles. The largest absolute Gasteiger partial charge is 0.496 e. The van der Waals surface area contributed by atoms with Crippen LogP contribution in [0.25, 0.3) is 6.08 Å². The standard InChI is InChI=1S/C16H19N3O2/c1-3-6-13-11-15(19-18-13)17-16(20)10-9-12-7-4-5-8-14(12)21-2/h4-5,7-11H,3,6H2,1-2H3,(H2,17,18,19,20)/b10-9+. The van der Waals surface area contributed by atoms with Gasteiger partial charge in [-0.25, -0.2) is 0 Å². The van der Waals surface area contributed by atoms with Crippen molar-refractivity contribution < 1.29 is 9.53 Å². The van der Waals surface area contributed by atoms with Gasteiger partial charge in [0.1, 0.15) is 5.75 Å². The first-order valence-electron chi connectivity index (χ1n) is 6.89. The van der Waals surface area contributed by atoms with Gasteiger partial charge in [-0.15, -0.1) is 0 Å². The number of rotatable bonds is 6. The summed E-state index contributed by atoms with van der Waals surface area (Å²) in [5.41, 5.74) is 1.87. The zero-order valence-electron chi connectivity index (χ0n) is 12.2. The van der Waals surface area contributed by atoms with E-state index in [1.165, 1.54) is 6.08 Å². The zero-order chi connectivity index (χ0) is 15.1. The Hall–Kier alpha value is -2.56. The van der Waals surface area contributed by atoms with Crippen molar-refractivity contribution in [2.45, 2.75) is 19.8 Å². The predicted octanol–water partition coefficient (Wildman–Crippen LogP) is 3.02. The van der Waals surface area contributed by atoms with E-state index >= 15 is 0 Å². The van der Waals surface area contributed by atoms with Gasteiger partial charge < -0.3 is 10.1 Å². The lowest BCUT2D eigenvalue weighted by Crippen LogP contribution is -2.07. The lowest BCUT2D eigenvalue weighted by atomic mass is 10.2. The van der Waals surface area contributed by atoms with E-state index in [0.29, 0.717) is 5.82 Å². The number of nitrogens with zero attached hydrogens (tertiary/aromatic N) is 1. The number of para-hydroxylation sites is 1. The Kier molecular flexibility index (Phi) is 5.15. The maximum absolute atomic E-state index is 11.9. The van der Waals surface area contributed by atoms with Crippen molar-refractivity contribution in [2.75, 3.05) is 12.4 Å². The second kappa shape index (κ2) is 7.28. The number of benzene rings is 1. The molecule has 0 spiro atoms. The number of aromatic nitrogens is 2. The third-order valence-electron chi connectivity index (χ3n) is 2.95. The van der Waals surface area contributed by atoms with Crippen LogP contribution in [0.1, 0.15) is 24.6 Å². The van der Waals surface area contributed by atoms with Gasteiger partial charge in [0.2, 0.25) is 5.91 Å². The number of H-pyrrole nitrogens is 1. The second-order valence-electron chi connectivity index (χ2n) is 4.59. The summed E-state index contributed by atoms with van der Waals surface area (Å²) in [5, 5.41) is 9.66. The molecule has 5 heteroatoms. The summed E-state index contributed by atoms with van der Waals surface area (Å²) < 4.78 is 5.23. The van der Waals surface area contributed by atoms with E-state index in [4.69, 9.17) is 4.74 Å². The number of methoxy groups -OCH3 is 1. The fourth-order valence-electron chi connectivity index (χ4n) is 1.96. The van der Waals surface area contributed by atoms with Gasteiger partial charge in [-0.05, 0) is 18.6 Å². The maximum atomic E-state index is 11.9. The minimum atomic E-state index is -0.226. The van der Waals surface area contributed by atoms with Gasteiger partial charge in [-0.3, -0.25) is 9.89 Å². The van der Waals surface area contributed by atoms with Crippen LogP contribution in [-0.4, -0.2) is 23.2 Å². The van der Waals surface area contributed by atoms with Gasteiger partial charge in [0.25, 0.3) is 0 Å². The van der Waals surface area contributed by atoms with Crippen molar-refractivity contribution in [3.05, 3.63) is 47.7 Å². The Bertz CT molecular complexity index is 632. The van der Waals surface area contributed by atoms with Crippen LogP contribution in [0.3, 0.4) is 0 Å². The number of hydrogen-bond donors (Lipinski definition) is 2. The summed E-state index contributed by atoms with van der Waals surface area (Å²) in [6, 6.07) is 9.36. The highest BCUT2D eigenvalue weighted by atomic mass is 16.5. The molecule has 2 N–H and O–H groups in total. The molecule has 0 aliphatic rings. The van der Waals surface area contributed by atoms with Gasteiger partial charge in [-0.1, -0.05) is 31.5 Å². The molecule has 0 radical (unpaired) electrons. The fraction of sp³-hybridized carbons (Fsp3) is 0.250. The van der Waals surface area contributed by atoms with Crippen molar-refractivity contribution >= 4 is 17.8 Å². The predicted molar refractivity (Wildman–Crippen MR) is 83.2 cm³/mol. The number of nitrogens with one attached hydrogen (secondary N) is 2. The lowest BCUT2D eigenvalue weighted by Gasteiger charge is -2.03. The average molecular weight is 285 g/mol. The van der Waals surface area contributed by atoms with Crippen LogP contribution in [0.2, 0.25) is 0 Å². The molecule has 110 valence electrons. The number of aromatic amines is 1. The molecule has 5 nitrogen and oxygen atoms in total. The van der Waals surface area contributed by atoms with Crippen LogP contribution >= 0.6 is 0 Å². The maximum Gasteiger partial charge on any atom is 0.249 e. The Morgan fingerprint density at radius 3 is 3.00 bits per heavy atom. The summed E-state index contributed by atoms with van der Waals surface area (Å²) in [7, 11) is 1.60. The first-order valence-corrected chi connectivity index (χ1v) is 6.89. The first-order chi connectivity index (χ1) is 10.2. The summed E-state index contributed by atoms with van der Waals surface area (Å²) >= 11 is 0. The molecule has 0 unspecified atom stereocenters. The molecule has 0 atom stereocenters. The van der Waals surface area contributed by atoms with Crippen LogP contribution in [0.5, 0.6) is 5.75 Å². The molecule has 0 bridgehead atoms. The van der Waals surface area contributed by atoms with Crippen LogP contribution in [0.15, 0.2) is 36.4 Å². The van der Waals surface area contributed by atoms with E-state index in [1.54, 1.807) is 13.2 Å². The molecule has 2 rings (SSSR count). The average Bonchev–Trinajstić information content (AvgIpc) is 2.93. The Morgan fingerprint density at radius 2 is 2.24 bits per heavy atom. The number of hydrogen-bond acceptors (Lipinski definition) is 3. The van der Waals surface area contributed by atoms with Crippen LogP contribution in [0.4, 0.5) is 5.82 Å². The molecule has 0 aliphatic carbocycles. The Morgan fingerprint density at radius 1 is 1.43 bits per heavy atom. The summed E-state index contributed by atoms with van der Waals surface area (Å²) in [6.45, 7) is 2.09. The second-order valence-corrected chi connectivity index (χ2v) is 4.59. The molecule has 0 fully saturated rings. The number of carbonyl (C=O) groups excluding carboxylic acids is 1. The van der Waals surface area contributed by atoms with E-state index in [-0.39, 0.29) is 5.91 Å². The van der Waals surface area contributed by atoms with Crippen molar-refractivity contribution in [3.63, 3.8) is 0 Å². The van der Waals surface area contributed by atoms with Crippen molar-refractivity contribution in [1.82, 2.24) is 10.2 Å². The number of amides is 1. The fourth-order valence-corrected chi connectivity index (χ4v) is 1.96. The van der Waals surface area contributed by atoms with Crippen molar-refractivity contribution in [3.8, 4) is 5.75 Å². The van der Waals surface area contributed by atoms with Crippen LogP contribution in [0, 0.1) is 0 Å². The third kappa shape index (κ3) is 4.21. The monoisotopic (exact) mass is 285 g/mol. The molecule has 0 saturated carbocycles. The molecule has 1 heterocycles. The topological polar surface area (TPSA) is 67.0 Å². The van der Waals surface area contributed by atoms with E-state index in [1.807, 2.05) is 30.3 Å².